The standard InChI is InChI=1S/C32H32Cl6O8/c1-13(15(3)17-5-6-17)11-43-29(39)23-25(37)19(33)9-21(35)27(23)45-31(41)32(42)46-28-22(36)10-20(34)26(38)24(28)30(40)44-12-14(2)16(4)18-7-8-18/h9-10,13-18H,5-8,11-12H2,1-4H3. The first-order valence-electron chi connectivity index (χ1n) is 14.7. The van der Waals surface area contributed by atoms with Crippen LogP contribution >= 0.6 is 69.6 Å². The number of benzene rings is 2. The first-order chi connectivity index (χ1) is 21.6. The summed E-state index contributed by atoms with van der Waals surface area (Å²) in [6.45, 7) is 8.18. The van der Waals surface area contributed by atoms with Crippen LogP contribution < -0.4 is 9.47 Å². The summed E-state index contributed by atoms with van der Waals surface area (Å²) in [5.41, 5.74) is -0.920. The van der Waals surface area contributed by atoms with Gasteiger partial charge in [-0.3, -0.25) is 0 Å². The summed E-state index contributed by atoms with van der Waals surface area (Å²) < 4.78 is 21.3. The van der Waals surface area contributed by atoms with Crippen LogP contribution in [-0.2, 0) is 19.1 Å². The van der Waals surface area contributed by atoms with Crippen molar-refractivity contribution in [2.45, 2.75) is 53.4 Å². The van der Waals surface area contributed by atoms with E-state index in [9.17, 15) is 19.2 Å². The maximum absolute atomic E-state index is 13.1. The predicted molar refractivity (Wildman–Crippen MR) is 177 cm³/mol. The Hall–Kier alpha value is -1.94. The number of rotatable bonds is 12. The average Bonchev–Trinajstić information content (AvgIpc) is 3.92. The second-order valence-electron chi connectivity index (χ2n) is 12.0. The zero-order chi connectivity index (χ0) is 34.0. The van der Waals surface area contributed by atoms with Gasteiger partial charge in [-0.25, -0.2) is 19.2 Å². The first-order valence-corrected chi connectivity index (χ1v) is 17.0. The van der Waals surface area contributed by atoms with Crippen LogP contribution in [0.1, 0.15) is 74.1 Å². The molecule has 4 unspecified atom stereocenters. The van der Waals surface area contributed by atoms with Gasteiger partial charge < -0.3 is 18.9 Å². The van der Waals surface area contributed by atoms with Gasteiger partial charge in [-0.15, -0.1) is 0 Å². The molecule has 2 saturated carbocycles. The molecule has 0 aliphatic heterocycles. The topological polar surface area (TPSA) is 105 Å². The quantitative estimate of drug-likeness (QED) is 0.0913. The van der Waals surface area contributed by atoms with Gasteiger partial charge in [0.25, 0.3) is 0 Å². The number of carbonyl (C=O) groups is 4. The van der Waals surface area contributed by atoms with Crippen LogP contribution in [0.25, 0.3) is 0 Å². The summed E-state index contributed by atoms with van der Waals surface area (Å²) in [5.74, 6) is -4.51. The summed E-state index contributed by atoms with van der Waals surface area (Å²) in [7, 11) is 0. The van der Waals surface area contributed by atoms with Gasteiger partial charge in [-0.1, -0.05) is 97.3 Å². The van der Waals surface area contributed by atoms with E-state index in [1.165, 1.54) is 0 Å². The summed E-state index contributed by atoms with van der Waals surface area (Å²) in [6, 6.07) is 2.26. The molecule has 2 fully saturated rings. The summed E-state index contributed by atoms with van der Waals surface area (Å²) in [4.78, 5) is 52.2. The molecule has 0 spiro atoms. The number of esters is 4. The van der Waals surface area contributed by atoms with Crippen LogP contribution in [0.4, 0.5) is 0 Å². The molecule has 0 bridgehead atoms. The second-order valence-corrected chi connectivity index (χ2v) is 14.4. The van der Waals surface area contributed by atoms with Gasteiger partial charge in [0.2, 0.25) is 0 Å². The molecule has 0 heterocycles. The van der Waals surface area contributed by atoms with Crippen molar-refractivity contribution in [1.82, 2.24) is 0 Å². The molecule has 4 atom stereocenters. The number of halogens is 6. The lowest BCUT2D eigenvalue weighted by molar-refractivity contribution is -0.156. The Kier molecular flexibility index (Phi) is 12.4. The van der Waals surface area contributed by atoms with Crippen molar-refractivity contribution < 1.29 is 38.1 Å². The fourth-order valence-corrected chi connectivity index (χ4v) is 6.46. The predicted octanol–water partition coefficient (Wildman–Crippen LogP) is 9.80. The van der Waals surface area contributed by atoms with E-state index in [1.807, 2.05) is 13.8 Å². The Morgan fingerprint density at radius 1 is 0.609 bits per heavy atom. The number of ether oxygens (including phenoxy) is 4. The first kappa shape index (κ1) is 36.9. The van der Waals surface area contributed by atoms with E-state index in [-0.39, 0.29) is 55.2 Å². The molecule has 0 aromatic heterocycles. The molecule has 0 amide bonds. The molecule has 2 aliphatic rings. The van der Waals surface area contributed by atoms with E-state index >= 15 is 0 Å². The van der Waals surface area contributed by atoms with Gasteiger partial charge in [0.05, 0.1) is 43.3 Å². The highest BCUT2D eigenvalue weighted by molar-refractivity contribution is 6.47. The van der Waals surface area contributed by atoms with Crippen molar-refractivity contribution in [1.29, 1.82) is 0 Å². The molecular weight excluding hydrogens is 725 g/mol. The van der Waals surface area contributed by atoms with Crippen molar-refractivity contribution in [2.24, 2.45) is 35.5 Å². The molecule has 0 N–H and O–H groups in total. The van der Waals surface area contributed by atoms with Crippen molar-refractivity contribution >= 4 is 93.5 Å². The van der Waals surface area contributed by atoms with Crippen molar-refractivity contribution in [3.05, 3.63) is 53.4 Å². The highest BCUT2D eigenvalue weighted by Gasteiger charge is 2.35. The Balaban J connectivity index is 1.52. The van der Waals surface area contributed by atoms with Gasteiger partial charge in [0.15, 0.2) is 11.5 Å². The Labute approximate surface area is 297 Å². The molecule has 0 radical (unpaired) electrons. The minimum atomic E-state index is -1.64. The minimum Gasteiger partial charge on any atom is -0.462 e. The monoisotopic (exact) mass is 754 g/mol. The SMILES string of the molecule is CC(COC(=O)c1c(Cl)c(Cl)cc(Cl)c1OC(=O)C(=O)Oc1c(Cl)cc(Cl)c(Cl)c1C(=O)OCC(C)C(C)C1CC1)C(C)C1CC1. The largest absolute Gasteiger partial charge is 0.462 e. The Morgan fingerprint density at radius 3 is 1.24 bits per heavy atom. The molecule has 46 heavy (non-hydrogen) atoms. The fourth-order valence-electron chi connectivity index (χ4n) is 5.03. The van der Waals surface area contributed by atoms with E-state index in [0.717, 1.165) is 37.8 Å². The maximum atomic E-state index is 13.1. The van der Waals surface area contributed by atoms with Crippen molar-refractivity contribution in [3.63, 3.8) is 0 Å². The third-order valence-corrected chi connectivity index (χ3v) is 10.8. The highest BCUT2D eigenvalue weighted by Crippen LogP contribution is 2.44. The molecule has 8 nitrogen and oxygen atoms in total. The Bertz CT molecular complexity index is 1420. The molecule has 0 saturated heterocycles. The summed E-state index contributed by atoms with van der Waals surface area (Å²) in [6.07, 6.45) is 4.50. The molecule has 2 aliphatic carbocycles. The van der Waals surface area contributed by atoms with E-state index in [1.54, 1.807) is 0 Å². The number of carbonyl (C=O) groups excluding carboxylic acids is 4. The van der Waals surface area contributed by atoms with Gasteiger partial charge >= 0.3 is 23.9 Å². The van der Waals surface area contributed by atoms with Crippen LogP contribution in [-0.4, -0.2) is 37.1 Å². The molecule has 250 valence electrons. The minimum absolute atomic E-state index is 0.0347. The third kappa shape index (κ3) is 8.74. The van der Waals surface area contributed by atoms with Crippen LogP contribution in [0.3, 0.4) is 0 Å². The van der Waals surface area contributed by atoms with Crippen molar-refractivity contribution in [3.8, 4) is 11.5 Å². The van der Waals surface area contributed by atoms with Crippen LogP contribution in [0.5, 0.6) is 11.5 Å². The van der Waals surface area contributed by atoms with E-state index < -0.39 is 46.5 Å². The second kappa shape index (κ2) is 15.5. The van der Waals surface area contributed by atoms with Gasteiger partial charge in [-0.2, -0.15) is 0 Å². The van der Waals surface area contributed by atoms with Gasteiger partial charge in [0.1, 0.15) is 11.1 Å². The molecule has 14 heteroatoms. The van der Waals surface area contributed by atoms with Crippen LogP contribution in [0, 0.1) is 35.5 Å². The lowest BCUT2D eigenvalue weighted by Crippen LogP contribution is -2.28. The van der Waals surface area contributed by atoms with Crippen molar-refractivity contribution in [2.75, 3.05) is 13.2 Å². The average molecular weight is 757 g/mol. The number of hydrogen-bond acceptors (Lipinski definition) is 8. The smallest absolute Gasteiger partial charge is 0.423 e. The van der Waals surface area contributed by atoms with Gasteiger partial charge in [0, 0.05) is 0 Å². The fraction of sp³-hybridized carbons (Fsp3) is 0.500. The van der Waals surface area contributed by atoms with E-state index in [4.69, 9.17) is 88.6 Å². The summed E-state index contributed by atoms with van der Waals surface area (Å²) in [5, 5.41) is -1.48. The Morgan fingerprint density at radius 2 is 0.935 bits per heavy atom. The lowest BCUT2D eigenvalue weighted by Gasteiger charge is -2.20. The van der Waals surface area contributed by atoms with E-state index in [2.05, 4.69) is 13.8 Å². The molecule has 2 aromatic carbocycles. The molecule has 2 aromatic rings. The molecular formula is C32H32Cl6O8. The third-order valence-electron chi connectivity index (χ3n) is 8.70. The molecule has 4 rings (SSSR count). The lowest BCUT2D eigenvalue weighted by atomic mass is 9.92. The highest BCUT2D eigenvalue weighted by atomic mass is 35.5. The van der Waals surface area contributed by atoms with E-state index in [0.29, 0.717) is 23.7 Å². The van der Waals surface area contributed by atoms with Crippen LogP contribution in [0.15, 0.2) is 12.1 Å². The zero-order valence-electron chi connectivity index (χ0n) is 25.4. The summed E-state index contributed by atoms with van der Waals surface area (Å²) >= 11 is 37.4. The zero-order valence-corrected chi connectivity index (χ0v) is 29.9. The normalized spacial score (nSPS) is 17.0. The number of hydrogen-bond donors (Lipinski definition) is 0. The maximum Gasteiger partial charge on any atom is 0.423 e. The van der Waals surface area contributed by atoms with Crippen LogP contribution in [0.2, 0.25) is 30.1 Å². The van der Waals surface area contributed by atoms with Gasteiger partial charge in [-0.05, 0) is 73.3 Å².